The van der Waals surface area contributed by atoms with E-state index in [1.165, 1.54) is 51.4 Å². The first-order valence-electron chi connectivity index (χ1n) is 13.0. The first-order valence-corrected chi connectivity index (χ1v) is 13.9. The van der Waals surface area contributed by atoms with Crippen molar-refractivity contribution in [3.05, 3.63) is 0 Å². The van der Waals surface area contributed by atoms with Crippen LogP contribution in [0.5, 0.6) is 0 Å². The van der Waals surface area contributed by atoms with Gasteiger partial charge >= 0.3 is 0 Å². The van der Waals surface area contributed by atoms with Crippen LogP contribution in [0, 0.1) is 46.3 Å². The SMILES string of the molecule is CC(C)C(SC(C(C)C)C1CCCCC1C(C)(C)C)C1CCCCC1C(C)(C)C. The Hall–Kier alpha value is 0.350. The molecule has 0 nitrogen and oxygen atoms in total. The van der Waals surface area contributed by atoms with Crippen LogP contribution in [0.25, 0.3) is 0 Å². The monoisotopic (exact) mass is 422 g/mol. The van der Waals surface area contributed by atoms with Crippen LogP contribution in [0.15, 0.2) is 0 Å². The standard InChI is InChI=1S/C28H54S/c1-19(2)25(21-15-11-13-17-23(21)27(5,6)7)29-26(20(3)4)22-16-12-14-18-24(22)28(8,9)10/h19-26H,11-18H2,1-10H3. The lowest BCUT2D eigenvalue weighted by Crippen LogP contribution is -2.43. The Kier molecular flexibility index (Phi) is 9.11. The lowest BCUT2D eigenvalue weighted by atomic mass is 9.64. The van der Waals surface area contributed by atoms with E-state index >= 15 is 0 Å². The fraction of sp³-hybridized carbons (Fsp3) is 1.00. The molecule has 172 valence electrons. The molecule has 2 rings (SSSR count). The molecule has 0 aliphatic heterocycles. The number of hydrogen-bond acceptors (Lipinski definition) is 1. The molecule has 0 saturated heterocycles. The van der Waals surface area contributed by atoms with E-state index in [1.54, 1.807) is 0 Å². The van der Waals surface area contributed by atoms with E-state index in [9.17, 15) is 0 Å². The van der Waals surface area contributed by atoms with Crippen molar-refractivity contribution in [2.45, 2.75) is 131 Å². The summed E-state index contributed by atoms with van der Waals surface area (Å²) in [5.41, 5.74) is 0.899. The number of hydrogen-bond donors (Lipinski definition) is 0. The highest BCUT2D eigenvalue weighted by atomic mass is 32.2. The van der Waals surface area contributed by atoms with Crippen LogP contribution in [0.1, 0.15) is 121 Å². The van der Waals surface area contributed by atoms with Gasteiger partial charge in [-0.2, -0.15) is 11.8 Å². The highest BCUT2D eigenvalue weighted by Gasteiger charge is 2.44. The minimum atomic E-state index is 0.449. The maximum absolute atomic E-state index is 2.52. The Morgan fingerprint density at radius 2 is 0.862 bits per heavy atom. The molecule has 0 spiro atoms. The van der Waals surface area contributed by atoms with E-state index in [1.807, 2.05) is 0 Å². The minimum absolute atomic E-state index is 0.449. The normalized spacial score (nSPS) is 31.9. The molecule has 2 fully saturated rings. The summed E-state index contributed by atoms with van der Waals surface area (Å²) in [6.07, 6.45) is 11.7. The van der Waals surface area contributed by atoms with Crippen molar-refractivity contribution in [3.63, 3.8) is 0 Å². The molecule has 0 bridgehead atoms. The molecule has 0 aromatic heterocycles. The van der Waals surface area contributed by atoms with Gasteiger partial charge in [-0.25, -0.2) is 0 Å². The molecule has 0 amide bonds. The molecule has 6 atom stereocenters. The third-order valence-electron chi connectivity index (χ3n) is 8.34. The summed E-state index contributed by atoms with van der Waals surface area (Å²) in [5, 5.41) is 1.66. The molecule has 2 aliphatic rings. The maximum Gasteiger partial charge on any atom is 0.0104 e. The summed E-state index contributed by atoms with van der Waals surface area (Å²) < 4.78 is 0. The van der Waals surface area contributed by atoms with Crippen LogP contribution < -0.4 is 0 Å². The van der Waals surface area contributed by atoms with Crippen LogP contribution in [0.2, 0.25) is 0 Å². The van der Waals surface area contributed by atoms with Crippen LogP contribution in [0.3, 0.4) is 0 Å². The topological polar surface area (TPSA) is 0 Å². The first-order chi connectivity index (χ1) is 13.3. The highest BCUT2D eigenvalue weighted by molar-refractivity contribution is 8.00. The van der Waals surface area contributed by atoms with Gasteiger partial charge in [0.25, 0.3) is 0 Å². The van der Waals surface area contributed by atoms with Crippen LogP contribution in [-0.4, -0.2) is 10.5 Å². The zero-order valence-electron chi connectivity index (χ0n) is 21.7. The summed E-state index contributed by atoms with van der Waals surface area (Å²) in [6.45, 7) is 25.1. The molecule has 2 aliphatic carbocycles. The third kappa shape index (κ3) is 6.66. The summed E-state index contributed by atoms with van der Waals surface area (Å²) >= 11 is 2.46. The van der Waals surface area contributed by atoms with Crippen LogP contribution in [0.4, 0.5) is 0 Å². The second-order valence-electron chi connectivity index (χ2n) is 13.4. The molecular weight excluding hydrogens is 368 g/mol. The smallest absolute Gasteiger partial charge is 0.0104 e. The Morgan fingerprint density at radius 3 is 1.14 bits per heavy atom. The predicted octanol–water partition coefficient (Wildman–Crippen LogP) is 9.47. The van der Waals surface area contributed by atoms with Crippen LogP contribution >= 0.6 is 11.8 Å². The average molecular weight is 423 g/mol. The van der Waals surface area contributed by atoms with Crippen molar-refractivity contribution in [2.75, 3.05) is 0 Å². The van der Waals surface area contributed by atoms with Gasteiger partial charge < -0.3 is 0 Å². The second kappa shape index (κ2) is 10.3. The Morgan fingerprint density at radius 1 is 0.552 bits per heavy atom. The minimum Gasteiger partial charge on any atom is -0.154 e. The van der Waals surface area contributed by atoms with Crippen molar-refractivity contribution in [1.82, 2.24) is 0 Å². The largest absolute Gasteiger partial charge is 0.154 e. The Labute approximate surface area is 189 Å². The number of thioether (sulfide) groups is 1. The van der Waals surface area contributed by atoms with E-state index in [0.29, 0.717) is 10.8 Å². The first kappa shape index (κ1) is 25.6. The predicted molar refractivity (Wildman–Crippen MR) is 135 cm³/mol. The van der Waals surface area contributed by atoms with E-state index in [0.717, 1.165) is 46.0 Å². The fourth-order valence-corrected chi connectivity index (χ4v) is 8.99. The molecular formula is C28H54S. The van der Waals surface area contributed by atoms with Gasteiger partial charge in [0.2, 0.25) is 0 Å². The van der Waals surface area contributed by atoms with Gasteiger partial charge in [-0.15, -0.1) is 0 Å². The third-order valence-corrected chi connectivity index (χ3v) is 10.8. The maximum atomic E-state index is 2.52. The summed E-state index contributed by atoms with van der Waals surface area (Å²) in [4.78, 5) is 0. The summed E-state index contributed by atoms with van der Waals surface area (Å²) in [5.74, 6) is 5.18. The number of rotatable bonds is 6. The summed E-state index contributed by atoms with van der Waals surface area (Å²) in [7, 11) is 0. The second-order valence-corrected chi connectivity index (χ2v) is 14.8. The van der Waals surface area contributed by atoms with Gasteiger partial charge in [-0.3, -0.25) is 0 Å². The fourth-order valence-electron chi connectivity index (χ4n) is 6.94. The van der Waals surface area contributed by atoms with Gasteiger partial charge in [-0.1, -0.05) is 94.9 Å². The van der Waals surface area contributed by atoms with Crippen LogP contribution in [-0.2, 0) is 0 Å². The molecule has 0 aromatic carbocycles. The highest BCUT2D eigenvalue weighted by Crippen LogP contribution is 2.53. The van der Waals surface area contributed by atoms with Crippen molar-refractivity contribution in [3.8, 4) is 0 Å². The Balaban J connectivity index is 2.29. The molecule has 0 aromatic rings. The van der Waals surface area contributed by atoms with Gasteiger partial charge in [0, 0.05) is 10.5 Å². The molecule has 1 heteroatoms. The molecule has 6 unspecified atom stereocenters. The van der Waals surface area contributed by atoms with E-state index in [-0.39, 0.29) is 0 Å². The van der Waals surface area contributed by atoms with Gasteiger partial charge in [0.15, 0.2) is 0 Å². The van der Waals surface area contributed by atoms with Crippen molar-refractivity contribution >= 4 is 11.8 Å². The zero-order valence-corrected chi connectivity index (χ0v) is 22.5. The molecule has 0 radical (unpaired) electrons. The molecule has 0 heterocycles. The van der Waals surface area contributed by atoms with E-state index < -0.39 is 0 Å². The Bertz CT molecular complexity index is 434. The lowest BCUT2D eigenvalue weighted by Gasteiger charge is -2.49. The quantitative estimate of drug-likeness (QED) is 0.410. The zero-order chi connectivity index (χ0) is 22.0. The molecule has 2 saturated carbocycles. The van der Waals surface area contributed by atoms with E-state index in [4.69, 9.17) is 0 Å². The van der Waals surface area contributed by atoms with E-state index in [2.05, 4.69) is 81.0 Å². The van der Waals surface area contributed by atoms with Crippen molar-refractivity contribution in [2.24, 2.45) is 46.3 Å². The molecule has 0 N–H and O–H groups in total. The van der Waals surface area contributed by atoms with Gasteiger partial charge in [0.1, 0.15) is 0 Å². The average Bonchev–Trinajstić information content (AvgIpc) is 2.60. The lowest BCUT2D eigenvalue weighted by molar-refractivity contribution is 0.0907. The van der Waals surface area contributed by atoms with Gasteiger partial charge in [0.05, 0.1) is 0 Å². The van der Waals surface area contributed by atoms with Gasteiger partial charge in [-0.05, 0) is 72.0 Å². The molecule has 29 heavy (non-hydrogen) atoms. The van der Waals surface area contributed by atoms with Crippen molar-refractivity contribution < 1.29 is 0 Å². The van der Waals surface area contributed by atoms with Crippen molar-refractivity contribution in [1.29, 1.82) is 0 Å². The summed E-state index contributed by atoms with van der Waals surface area (Å²) in [6, 6.07) is 0.